The lowest BCUT2D eigenvalue weighted by molar-refractivity contribution is -0.122. The monoisotopic (exact) mass is 332 g/mol. The average molecular weight is 332 g/mol. The molecule has 8 heteroatoms. The van der Waals surface area contributed by atoms with Gasteiger partial charge in [-0.15, -0.1) is 0 Å². The van der Waals surface area contributed by atoms with Crippen LogP contribution in [0.5, 0.6) is 0 Å². The fraction of sp³-hybridized carbons (Fsp3) is 0.375. The molecule has 2 rings (SSSR count). The maximum Gasteiger partial charge on any atom is 0.256 e. The second-order valence-electron chi connectivity index (χ2n) is 5.54. The van der Waals surface area contributed by atoms with E-state index >= 15 is 0 Å². The minimum Gasteiger partial charge on any atom is -0.389 e. The van der Waals surface area contributed by atoms with Crippen molar-refractivity contribution in [3.8, 4) is 0 Å². The van der Waals surface area contributed by atoms with E-state index in [-0.39, 0.29) is 30.8 Å². The van der Waals surface area contributed by atoms with Gasteiger partial charge in [-0.25, -0.2) is 4.98 Å². The molecule has 24 heavy (non-hydrogen) atoms. The van der Waals surface area contributed by atoms with E-state index in [1.165, 1.54) is 21.5 Å². The zero-order valence-electron chi connectivity index (χ0n) is 13.6. The minimum absolute atomic E-state index is 0.0206. The summed E-state index contributed by atoms with van der Waals surface area (Å²) >= 11 is 0. The van der Waals surface area contributed by atoms with E-state index in [0.717, 1.165) is 0 Å². The van der Waals surface area contributed by atoms with E-state index < -0.39 is 12.0 Å². The second-order valence-corrected chi connectivity index (χ2v) is 5.54. The van der Waals surface area contributed by atoms with Crippen LogP contribution in [0.4, 0.5) is 0 Å². The number of nitrogens with one attached hydrogen (secondary N) is 1. The maximum absolute atomic E-state index is 12.0. The summed E-state index contributed by atoms with van der Waals surface area (Å²) in [5.41, 5.74) is 0.624. The Morgan fingerprint density at radius 2 is 2.04 bits per heavy atom. The predicted molar refractivity (Wildman–Crippen MR) is 87.7 cm³/mol. The maximum atomic E-state index is 12.0. The number of amides is 1. The number of carbonyl (C=O) groups is 1. The molecule has 1 unspecified atom stereocenters. The van der Waals surface area contributed by atoms with Gasteiger partial charge in [-0.1, -0.05) is 6.07 Å². The van der Waals surface area contributed by atoms with E-state index in [9.17, 15) is 19.5 Å². The first kappa shape index (κ1) is 17.6. The first-order valence-corrected chi connectivity index (χ1v) is 7.51. The van der Waals surface area contributed by atoms with Crippen molar-refractivity contribution >= 4 is 5.91 Å². The van der Waals surface area contributed by atoms with Crippen molar-refractivity contribution in [2.24, 2.45) is 0 Å². The topological polar surface area (TPSA) is 106 Å². The number of carbonyl (C=O) groups excluding carboxylic acids is 1. The van der Waals surface area contributed by atoms with Gasteiger partial charge in [-0.3, -0.25) is 19.0 Å². The van der Waals surface area contributed by atoms with Gasteiger partial charge in [-0.05, 0) is 19.9 Å². The molecule has 0 saturated heterocycles. The lowest BCUT2D eigenvalue weighted by Gasteiger charge is -2.14. The minimum atomic E-state index is -0.913. The highest BCUT2D eigenvalue weighted by Gasteiger charge is 2.11. The first-order chi connectivity index (χ1) is 11.4. The van der Waals surface area contributed by atoms with Crippen LogP contribution in [0.2, 0.25) is 0 Å². The van der Waals surface area contributed by atoms with Crippen LogP contribution in [-0.4, -0.2) is 37.8 Å². The lowest BCUT2D eigenvalue weighted by atomic mass is 10.3. The van der Waals surface area contributed by atoms with Crippen molar-refractivity contribution in [3.05, 3.63) is 62.7 Å². The third-order valence-electron chi connectivity index (χ3n) is 3.67. The number of aliphatic hydroxyl groups excluding tert-OH is 1. The van der Waals surface area contributed by atoms with Crippen molar-refractivity contribution in [1.29, 1.82) is 0 Å². The number of aryl methyl sites for hydroxylation is 1. The van der Waals surface area contributed by atoms with E-state index in [1.807, 2.05) is 0 Å². The smallest absolute Gasteiger partial charge is 0.256 e. The number of aliphatic hydroxyl groups is 1. The highest BCUT2D eigenvalue weighted by molar-refractivity contribution is 5.75. The second kappa shape index (κ2) is 7.69. The van der Waals surface area contributed by atoms with Gasteiger partial charge in [0.25, 0.3) is 11.1 Å². The van der Waals surface area contributed by atoms with Gasteiger partial charge in [-0.2, -0.15) is 0 Å². The van der Waals surface area contributed by atoms with Crippen LogP contribution >= 0.6 is 0 Å². The number of pyridine rings is 1. The molecule has 0 spiro atoms. The molecular weight excluding hydrogens is 312 g/mol. The average Bonchev–Trinajstić information content (AvgIpc) is 2.56. The molecule has 0 fully saturated rings. The molecule has 0 bridgehead atoms. The zero-order chi connectivity index (χ0) is 17.7. The van der Waals surface area contributed by atoms with E-state index in [1.54, 1.807) is 32.2 Å². The molecular formula is C16H20N4O4. The summed E-state index contributed by atoms with van der Waals surface area (Å²) in [4.78, 5) is 39.5. The Kier molecular flexibility index (Phi) is 5.64. The number of hydrogen-bond donors (Lipinski definition) is 2. The molecule has 128 valence electrons. The predicted octanol–water partition coefficient (Wildman–Crippen LogP) is -0.801. The summed E-state index contributed by atoms with van der Waals surface area (Å²) < 4.78 is 2.57. The summed E-state index contributed by atoms with van der Waals surface area (Å²) in [5, 5.41) is 12.5. The molecule has 1 amide bonds. The van der Waals surface area contributed by atoms with Crippen LogP contribution in [0.3, 0.4) is 0 Å². The molecule has 0 aliphatic rings. The van der Waals surface area contributed by atoms with Crippen LogP contribution in [0, 0.1) is 13.8 Å². The summed E-state index contributed by atoms with van der Waals surface area (Å²) in [5.74, 6) is -0.415. The Bertz CT molecular complexity index is 840. The van der Waals surface area contributed by atoms with Crippen molar-refractivity contribution in [1.82, 2.24) is 19.4 Å². The van der Waals surface area contributed by atoms with Crippen molar-refractivity contribution in [2.75, 3.05) is 6.54 Å². The number of hydrogen-bond acceptors (Lipinski definition) is 5. The van der Waals surface area contributed by atoms with Gasteiger partial charge in [0.05, 0.1) is 19.0 Å². The van der Waals surface area contributed by atoms with Crippen LogP contribution in [0.25, 0.3) is 0 Å². The summed E-state index contributed by atoms with van der Waals surface area (Å²) in [6, 6.07) is 4.69. The molecule has 0 radical (unpaired) electrons. The SMILES string of the molecule is Cc1ncn(CC(=O)NCC(O)Cn2ccccc2=O)c(=O)c1C. The molecule has 2 heterocycles. The molecule has 0 saturated carbocycles. The van der Waals surface area contributed by atoms with Crippen molar-refractivity contribution in [2.45, 2.75) is 33.0 Å². The van der Waals surface area contributed by atoms with Crippen molar-refractivity contribution in [3.63, 3.8) is 0 Å². The quantitative estimate of drug-likeness (QED) is 0.720. The van der Waals surface area contributed by atoms with E-state index in [4.69, 9.17) is 0 Å². The first-order valence-electron chi connectivity index (χ1n) is 7.51. The Balaban J connectivity index is 1.89. The van der Waals surface area contributed by atoms with Gasteiger partial charge in [0.15, 0.2) is 0 Å². The normalized spacial score (nSPS) is 12.0. The fourth-order valence-electron chi connectivity index (χ4n) is 2.13. The molecule has 2 aromatic heterocycles. The Hall–Kier alpha value is -2.74. The fourth-order valence-corrected chi connectivity index (χ4v) is 2.13. The summed E-state index contributed by atoms with van der Waals surface area (Å²) in [7, 11) is 0. The third kappa shape index (κ3) is 4.39. The molecule has 1 atom stereocenters. The molecule has 8 nitrogen and oxygen atoms in total. The summed E-state index contributed by atoms with van der Waals surface area (Å²) in [6.07, 6.45) is 1.97. The van der Waals surface area contributed by atoms with Crippen LogP contribution in [0.15, 0.2) is 40.3 Å². The standard InChI is InChI=1S/C16H20N4O4/c1-11-12(2)18-10-20(16(11)24)9-14(22)17-7-13(21)8-19-6-4-3-5-15(19)23/h3-6,10,13,21H,7-9H2,1-2H3,(H,17,22). The Morgan fingerprint density at radius 3 is 2.75 bits per heavy atom. The Labute approximate surface area is 138 Å². The van der Waals surface area contributed by atoms with Crippen LogP contribution in [-0.2, 0) is 17.9 Å². The van der Waals surface area contributed by atoms with Gasteiger partial charge in [0.1, 0.15) is 6.54 Å². The highest BCUT2D eigenvalue weighted by atomic mass is 16.3. The Morgan fingerprint density at radius 1 is 1.29 bits per heavy atom. The number of rotatable bonds is 6. The molecule has 2 N–H and O–H groups in total. The summed E-state index contributed by atoms with van der Waals surface area (Å²) in [6.45, 7) is 3.26. The molecule has 0 aliphatic heterocycles. The van der Waals surface area contributed by atoms with Crippen LogP contribution < -0.4 is 16.4 Å². The largest absolute Gasteiger partial charge is 0.389 e. The molecule has 0 aromatic carbocycles. The van der Waals surface area contributed by atoms with Gasteiger partial charge in [0, 0.05) is 30.1 Å². The molecule has 0 aliphatic carbocycles. The highest BCUT2D eigenvalue weighted by Crippen LogP contribution is 1.95. The molecule has 2 aromatic rings. The number of aromatic nitrogens is 3. The van der Waals surface area contributed by atoms with E-state index in [0.29, 0.717) is 11.3 Å². The van der Waals surface area contributed by atoms with Crippen LogP contribution in [0.1, 0.15) is 11.3 Å². The van der Waals surface area contributed by atoms with E-state index in [2.05, 4.69) is 10.3 Å². The third-order valence-corrected chi connectivity index (χ3v) is 3.67. The van der Waals surface area contributed by atoms with Crippen molar-refractivity contribution < 1.29 is 9.90 Å². The van der Waals surface area contributed by atoms with Gasteiger partial charge in [0.2, 0.25) is 5.91 Å². The zero-order valence-corrected chi connectivity index (χ0v) is 13.6. The lowest BCUT2D eigenvalue weighted by Crippen LogP contribution is -2.39. The van der Waals surface area contributed by atoms with Gasteiger partial charge < -0.3 is 15.0 Å². The van der Waals surface area contributed by atoms with Gasteiger partial charge >= 0.3 is 0 Å². The number of nitrogens with zero attached hydrogens (tertiary/aromatic N) is 3.